The molecule has 0 aromatic heterocycles. The molecule has 1 unspecified atom stereocenters. The van der Waals surface area contributed by atoms with Crippen LogP contribution in [0.1, 0.15) is 18.5 Å². The Kier molecular flexibility index (Phi) is 5.72. The third-order valence-electron chi connectivity index (χ3n) is 3.44. The number of carbonyl (C=O) groups excluding carboxylic acids is 1. The van der Waals surface area contributed by atoms with Crippen molar-refractivity contribution in [2.75, 3.05) is 26.8 Å². The Morgan fingerprint density at radius 3 is 2.76 bits per heavy atom. The summed E-state index contributed by atoms with van der Waals surface area (Å²) in [4.78, 5) is 11.9. The van der Waals surface area contributed by atoms with E-state index in [1.807, 2.05) is 25.1 Å². The fourth-order valence-electron chi connectivity index (χ4n) is 2.37. The zero-order valence-corrected chi connectivity index (χ0v) is 12.6. The first-order valence-corrected chi connectivity index (χ1v) is 7.19. The second-order valence-corrected chi connectivity index (χ2v) is 5.03. The van der Waals surface area contributed by atoms with Crippen LogP contribution in [0.25, 0.3) is 10.8 Å². The van der Waals surface area contributed by atoms with Gasteiger partial charge in [-0.3, -0.25) is 4.79 Å². The average Bonchev–Trinajstić information content (AvgIpc) is 2.51. The molecule has 2 aromatic rings. The Labute approximate surface area is 125 Å². The predicted molar refractivity (Wildman–Crippen MR) is 85.3 cm³/mol. The van der Waals surface area contributed by atoms with Crippen molar-refractivity contribution in [2.24, 2.45) is 0 Å². The van der Waals surface area contributed by atoms with Gasteiger partial charge in [0.1, 0.15) is 0 Å². The van der Waals surface area contributed by atoms with Gasteiger partial charge in [0, 0.05) is 13.7 Å². The van der Waals surface area contributed by atoms with Crippen molar-refractivity contribution >= 4 is 16.7 Å². The molecule has 0 saturated heterocycles. The lowest BCUT2D eigenvalue weighted by molar-refractivity contribution is -0.120. The van der Waals surface area contributed by atoms with E-state index in [9.17, 15) is 4.79 Å². The van der Waals surface area contributed by atoms with E-state index >= 15 is 0 Å². The van der Waals surface area contributed by atoms with E-state index < -0.39 is 0 Å². The van der Waals surface area contributed by atoms with Crippen molar-refractivity contribution in [1.29, 1.82) is 0 Å². The predicted octanol–water partition coefficient (Wildman–Crippen LogP) is 2.25. The molecule has 1 atom stereocenters. The van der Waals surface area contributed by atoms with Crippen LogP contribution in [0, 0.1) is 0 Å². The highest BCUT2D eigenvalue weighted by Gasteiger charge is 2.11. The SMILES string of the molecule is COCCNCC(=O)NC(C)c1cccc2ccccc12. The van der Waals surface area contributed by atoms with Crippen molar-refractivity contribution in [3.63, 3.8) is 0 Å². The number of benzene rings is 2. The average molecular weight is 286 g/mol. The first-order chi connectivity index (χ1) is 10.2. The molecular formula is C17H22N2O2. The van der Waals surface area contributed by atoms with Crippen LogP contribution < -0.4 is 10.6 Å². The summed E-state index contributed by atoms with van der Waals surface area (Å²) >= 11 is 0. The fourth-order valence-corrected chi connectivity index (χ4v) is 2.37. The summed E-state index contributed by atoms with van der Waals surface area (Å²) in [5.41, 5.74) is 1.14. The first kappa shape index (κ1) is 15.5. The van der Waals surface area contributed by atoms with Gasteiger partial charge in [0.2, 0.25) is 5.91 Å². The Hall–Kier alpha value is -1.91. The molecule has 21 heavy (non-hydrogen) atoms. The molecule has 0 heterocycles. The van der Waals surface area contributed by atoms with Crippen LogP contribution in [-0.2, 0) is 9.53 Å². The summed E-state index contributed by atoms with van der Waals surface area (Å²) < 4.78 is 4.93. The molecule has 112 valence electrons. The van der Waals surface area contributed by atoms with Crippen LogP contribution in [0.3, 0.4) is 0 Å². The van der Waals surface area contributed by atoms with Crippen LogP contribution in [0.5, 0.6) is 0 Å². The summed E-state index contributed by atoms with van der Waals surface area (Å²) in [6.45, 7) is 3.59. The normalized spacial score (nSPS) is 12.3. The van der Waals surface area contributed by atoms with Crippen molar-refractivity contribution in [3.8, 4) is 0 Å². The van der Waals surface area contributed by atoms with Gasteiger partial charge in [-0.1, -0.05) is 42.5 Å². The van der Waals surface area contributed by atoms with Gasteiger partial charge in [0.15, 0.2) is 0 Å². The van der Waals surface area contributed by atoms with Crippen molar-refractivity contribution < 1.29 is 9.53 Å². The zero-order valence-electron chi connectivity index (χ0n) is 12.6. The number of hydrogen-bond acceptors (Lipinski definition) is 3. The van der Waals surface area contributed by atoms with Gasteiger partial charge < -0.3 is 15.4 Å². The Morgan fingerprint density at radius 1 is 1.19 bits per heavy atom. The molecule has 0 aliphatic heterocycles. The van der Waals surface area contributed by atoms with E-state index in [1.54, 1.807) is 7.11 Å². The van der Waals surface area contributed by atoms with E-state index in [1.165, 1.54) is 10.8 Å². The monoisotopic (exact) mass is 286 g/mol. The number of nitrogens with one attached hydrogen (secondary N) is 2. The number of carbonyl (C=O) groups is 1. The molecule has 0 bridgehead atoms. The molecule has 0 spiro atoms. The maximum Gasteiger partial charge on any atom is 0.234 e. The van der Waals surface area contributed by atoms with Gasteiger partial charge in [0.25, 0.3) is 0 Å². The largest absolute Gasteiger partial charge is 0.383 e. The van der Waals surface area contributed by atoms with Gasteiger partial charge >= 0.3 is 0 Å². The molecule has 2 N–H and O–H groups in total. The van der Waals surface area contributed by atoms with Crippen LogP contribution in [0.15, 0.2) is 42.5 Å². The summed E-state index contributed by atoms with van der Waals surface area (Å²) in [5.74, 6) is -0.00784. The van der Waals surface area contributed by atoms with Gasteiger partial charge in [-0.25, -0.2) is 0 Å². The van der Waals surface area contributed by atoms with E-state index in [4.69, 9.17) is 4.74 Å². The highest BCUT2D eigenvalue weighted by molar-refractivity contribution is 5.87. The molecule has 4 heteroatoms. The Balaban J connectivity index is 1.99. The third kappa shape index (κ3) is 4.28. The smallest absolute Gasteiger partial charge is 0.234 e. The number of hydrogen-bond donors (Lipinski definition) is 2. The number of rotatable bonds is 7. The minimum atomic E-state index is -0.0205. The fraction of sp³-hybridized carbons (Fsp3) is 0.353. The molecule has 0 saturated carbocycles. The number of methoxy groups -OCH3 is 1. The minimum absolute atomic E-state index is 0.00784. The van der Waals surface area contributed by atoms with Crippen LogP contribution >= 0.6 is 0 Å². The van der Waals surface area contributed by atoms with Gasteiger partial charge in [0.05, 0.1) is 19.2 Å². The molecule has 0 aliphatic rings. The van der Waals surface area contributed by atoms with Crippen LogP contribution in [0.4, 0.5) is 0 Å². The van der Waals surface area contributed by atoms with E-state index in [0.717, 1.165) is 5.56 Å². The maximum absolute atomic E-state index is 11.9. The molecular weight excluding hydrogens is 264 g/mol. The maximum atomic E-state index is 11.9. The molecule has 2 rings (SSSR count). The van der Waals surface area contributed by atoms with E-state index in [2.05, 4.69) is 34.9 Å². The van der Waals surface area contributed by atoms with Crippen LogP contribution in [-0.4, -0.2) is 32.7 Å². The van der Waals surface area contributed by atoms with E-state index in [-0.39, 0.29) is 11.9 Å². The highest BCUT2D eigenvalue weighted by atomic mass is 16.5. The second-order valence-electron chi connectivity index (χ2n) is 5.03. The molecule has 4 nitrogen and oxygen atoms in total. The zero-order chi connectivity index (χ0) is 15.1. The standard InChI is InChI=1S/C17H22N2O2/c1-13(19-17(20)12-18-10-11-21-2)15-9-5-7-14-6-3-4-8-16(14)15/h3-9,13,18H,10-12H2,1-2H3,(H,19,20). The number of amides is 1. The number of ether oxygens (including phenoxy) is 1. The van der Waals surface area contributed by atoms with Crippen molar-refractivity contribution in [2.45, 2.75) is 13.0 Å². The molecule has 0 fully saturated rings. The summed E-state index contributed by atoms with van der Waals surface area (Å²) in [6, 6.07) is 14.4. The highest BCUT2D eigenvalue weighted by Crippen LogP contribution is 2.23. The Morgan fingerprint density at radius 2 is 1.95 bits per heavy atom. The first-order valence-electron chi connectivity index (χ1n) is 7.19. The summed E-state index contributed by atoms with van der Waals surface area (Å²) in [6.07, 6.45) is 0. The third-order valence-corrected chi connectivity index (χ3v) is 3.44. The quantitative estimate of drug-likeness (QED) is 0.768. The molecule has 1 amide bonds. The minimum Gasteiger partial charge on any atom is -0.383 e. The van der Waals surface area contributed by atoms with Gasteiger partial charge in [-0.2, -0.15) is 0 Å². The van der Waals surface area contributed by atoms with Crippen molar-refractivity contribution in [3.05, 3.63) is 48.0 Å². The lowest BCUT2D eigenvalue weighted by Gasteiger charge is -2.17. The second kappa shape index (κ2) is 7.76. The topological polar surface area (TPSA) is 50.4 Å². The van der Waals surface area contributed by atoms with Gasteiger partial charge in [-0.05, 0) is 23.3 Å². The molecule has 0 aliphatic carbocycles. The molecule has 0 radical (unpaired) electrons. The van der Waals surface area contributed by atoms with Crippen LogP contribution in [0.2, 0.25) is 0 Å². The lowest BCUT2D eigenvalue weighted by Crippen LogP contribution is -2.36. The number of fused-ring (bicyclic) bond motifs is 1. The summed E-state index contributed by atoms with van der Waals surface area (Å²) in [5, 5.41) is 8.44. The summed E-state index contributed by atoms with van der Waals surface area (Å²) in [7, 11) is 1.64. The van der Waals surface area contributed by atoms with E-state index in [0.29, 0.717) is 19.7 Å². The Bertz CT molecular complexity index is 593. The molecule has 2 aromatic carbocycles. The van der Waals surface area contributed by atoms with Gasteiger partial charge in [-0.15, -0.1) is 0 Å². The lowest BCUT2D eigenvalue weighted by atomic mass is 10.00. The van der Waals surface area contributed by atoms with Crippen molar-refractivity contribution in [1.82, 2.24) is 10.6 Å².